The number of benzene rings is 2. The highest BCUT2D eigenvalue weighted by Crippen LogP contribution is 2.26. The molecule has 2 aromatic carbocycles. The molecule has 0 aromatic heterocycles. The Morgan fingerprint density at radius 2 is 1.77 bits per heavy atom. The van der Waals surface area contributed by atoms with E-state index in [1.807, 2.05) is 13.0 Å². The number of carboxylic acids is 1. The molecule has 0 radical (unpaired) electrons. The first-order valence-corrected chi connectivity index (χ1v) is 8.21. The van der Waals surface area contributed by atoms with Crippen LogP contribution in [0.5, 0.6) is 11.5 Å². The fourth-order valence-electron chi connectivity index (χ4n) is 2.76. The average molecular weight is 357 g/mol. The molecular weight excluding hydrogens is 334 g/mol. The van der Waals surface area contributed by atoms with Gasteiger partial charge in [-0.05, 0) is 61.2 Å². The second-order valence-electron chi connectivity index (χ2n) is 6.01. The summed E-state index contributed by atoms with van der Waals surface area (Å²) in [5.74, 6) is 0.178. The van der Waals surface area contributed by atoms with Gasteiger partial charge in [0.15, 0.2) is 0 Å². The molecule has 0 aliphatic heterocycles. The first-order valence-electron chi connectivity index (χ1n) is 8.21. The van der Waals surface area contributed by atoms with Crippen molar-refractivity contribution in [3.8, 4) is 11.5 Å². The van der Waals surface area contributed by atoms with Gasteiger partial charge in [0, 0.05) is 12.1 Å². The third kappa shape index (κ3) is 4.53. The normalized spacial score (nSPS) is 10.3. The monoisotopic (exact) mass is 357 g/mol. The maximum Gasteiger partial charge on any atom is 0.336 e. The molecule has 26 heavy (non-hydrogen) atoms. The van der Waals surface area contributed by atoms with Gasteiger partial charge in [0.1, 0.15) is 11.5 Å². The van der Waals surface area contributed by atoms with Gasteiger partial charge < -0.3 is 19.9 Å². The van der Waals surface area contributed by atoms with Crippen LogP contribution in [-0.2, 0) is 11.2 Å². The minimum absolute atomic E-state index is 0.181. The van der Waals surface area contributed by atoms with E-state index < -0.39 is 5.97 Å². The Labute approximate surface area is 152 Å². The summed E-state index contributed by atoms with van der Waals surface area (Å²) in [7, 11) is 3.16. The van der Waals surface area contributed by atoms with Crippen molar-refractivity contribution in [3.63, 3.8) is 0 Å². The molecule has 0 atom stereocenters. The van der Waals surface area contributed by atoms with Crippen molar-refractivity contribution >= 4 is 17.6 Å². The molecular formula is C20H23NO5. The van der Waals surface area contributed by atoms with Crippen molar-refractivity contribution < 1.29 is 24.2 Å². The molecule has 0 heterocycles. The summed E-state index contributed by atoms with van der Waals surface area (Å²) in [5.41, 5.74) is 3.04. The van der Waals surface area contributed by atoms with Crippen LogP contribution in [0.4, 0.5) is 5.69 Å². The lowest BCUT2D eigenvalue weighted by atomic mass is 10.0. The van der Waals surface area contributed by atoms with Crippen LogP contribution in [0, 0.1) is 13.8 Å². The molecule has 0 unspecified atom stereocenters. The third-order valence-electron chi connectivity index (χ3n) is 4.18. The summed E-state index contributed by atoms with van der Waals surface area (Å²) in [4.78, 5) is 23.6. The summed E-state index contributed by atoms with van der Waals surface area (Å²) in [6.07, 6.45) is 0.710. The van der Waals surface area contributed by atoms with Gasteiger partial charge in [0.25, 0.3) is 0 Å². The van der Waals surface area contributed by atoms with Gasteiger partial charge in [-0.1, -0.05) is 6.07 Å². The first kappa shape index (κ1) is 19.3. The maximum absolute atomic E-state index is 12.3. The molecule has 6 heteroatoms. The predicted molar refractivity (Wildman–Crippen MR) is 99.4 cm³/mol. The van der Waals surface area contributed by atoms with Crippen molar-refractivity contribution in [2.75, 3.05) is 19.5 Å². The number of ether oxygens (including phenoxy) is 2. The SMILES string of the molecule is COc1ccc(OC)c(CCC(=O)Nc2cc(C(=O)O)c(C)cc2C)c1. The topological polar surface area (TPSA) is 84.9 Å². The van der Waals surface area contributed by atoms with Crippen LogP contribution in [0.3, 0.4) is 0 Å². The Balaban J connectivity index is 2.10. The molecule has 2 aromatic rings. The van der Waals surface area contributed by atoms with Gasteiger partial charge in [-0.2, -0.15) is 0 Å². The second kappa shape index (κ2) is 8.38. The number of aromatic carboxylic acids is 1. The van der Waals surface area contributed by atoms with E-state index in [1.54, 1.807) is 39.3 Å². The van der Waals surface area contributed by atoms with Gasteiger partial charge >= 0.3 is 5.97 Å². The van der Waals surface area contributed by atoms with Gasteiger partial charge in [-0.3, -0.25) is 4.79 Å². The number of carbonyl (C=O) groups excluding carboxylic acids is 1. The second-order valence-corrected chi connectivity index (χ2v) is 6.01. The molecule has 0 fully saturated rings. The summed E-state index contributed by atoms with van der Waals surface area (Å²) in [5, 5.41) is 12.0. The molecule has 0 aliphatic carbocycles. The Morgan fingerprint density at radius 1 is 1.04 bits per heavy atom. The molecule has 0 bridgehead atoms. The van der Waals surface area contributed by atoms with Gasteiger partial charge in [0.05, 0.1) is 19.8 Å². The molecule has 0 saturated heterocycles. The largest absolute Gasteiger partial charge is 0.497 e. The number of nitrogens with one attached hydrogen (secondary N) is 1. The smallest absolute Gasteiger partial charge is 0.336 e. The number of carboxylic acid groups (broad SMARTS) is 1. The van der Waals surface area contributed by atoms with Crippen molar-refractivity contribution in [1.29, 1.82) is 0 Å². The number of hydrogen-bond donors (Lipinski definition) is 2. The van der Waals surface area contributed by atoms with E-state index in [0.29, 0.717) is 29.2 Å². The van der Waals surface area contributed by atoms with Gasteiger partial charge in [0.2, 0.25) is 5.91 Å². The van der Waals surface area contributed by atoms with E-state index in [1.165, 1.54) is 6.07 Å². The summed E-state index contributed by atoms with van der Waals surface area (Å²) in [6, 6.07) is 8.69. The number of carbonyl (C=O) groups is 2. The molecule has 6 nitrogen and oxygen atoms in total. The number of anilines is 1. The molecule has 0 aliphatic rings. The van der Waals surface area contributed by atoms with E-state index in [4.69, 9.17) is 9.47 Å². The fraction of sp³-hybridized carbons (Fsp3) is 0.300. The van der Waals surface area contributed by atoms with Crippen LogP contribution in [0.25, 0.3) is 0 Å². The zero-order valence-corrected chi connectivity index (χ0v) is 15.4. The Morgan fingerprint density at radius 3 is 2.38 bits per heavy atom. The average Bonchev–Trinajstić information content (AvgIpc) is 2.61. The van der Waals surface area contributed by atoms with E-state index in [-0.39, 0.29) is 17.9 Å². The number of methoxy groups -OCH3 is 2. The van der Waals surface area contributed by atoms with Crippen molar-refractivity contribution in [2.24, 2.45) is 0 Å². The highest BCUT2D eigenvalue weighted by molar-refractivity contribution is 5.95. The minimum atomic E-state index is -1.01. The standard InChI is InChI=1S/C20H23NO5/c1-12-9-13(2)17(11-16(12)20(23)24)21-19(22)8-5-14-10-15(25-3)6-7-18(14)26-4/h6-7,9-11H,5,8H2,1-4H3,(H,21,22)(H,23,24). The van der Waals surface area contributed by atoms with Crippen molar-refractivity contribution in [2.45, 2.75) is 26.7 Å². The number of rotatable bonds is 7. The zero-order chi connectivity index (χ0) is 19.3. The number of aryl methyl sites for hydroxylation is 3. The number of hydrogen-bond acceptors (Lipinski definition) is 4. The van der Waals surface area contributed by atoms with E-state index >= 15 is 0 Å². The highest BCUT2D eigenvalue weighted by atomic mass is 16.5. The van der Waals surface area contributed by atoms with Crippen molar-refractivity contribution in [1.82, 2.24) is 0 Å². The molecule has 1 amide bonds. The predicted octanol–water partition coefficient (Wildman–Crippen LogP) is 3.59. The van der Waals surface area contributed by atoms with Crippen LogP contribution in [-0.4, -0.2) is 31.2 Å². The van der Waals surface area contributed by atoms with Crippen LogP contribution < -0.4 is 14.8 Å². The lowest BCUT2D eigenvalue weighted by Crippen LogP contribution is -2.14. The van der Waals surface area contributed by atoms with E-state index in [2.05, 4.69) is 5.32 Å². The Bertz CT molecular complexity index is 829. The Kier molecular flexibility index (Phi) is 6.22. The van der Waals surface area contributed by atoms with Crippen LogP contribution >= 0.6 is 0 Å². The summed E-state index contributed by atoms with van der Waals surface area (Å²) >= 11 is 0. The van der Waals surface area contributed by atoms with Gasteiger partial charge in [-0.15, -0.1) is 0 Å². The minimum Gasteiger partial charge on any atom is -0.497 e. The first-order chi connectivity index (χ1) is 12.3. The molecule has 138 valence electrons. The van der Waals surface area contributed by atoms with E-state index in [9.17, 15) is 14.7 Å². The van der Waals surface area contributed by atoms with Crippen LogP contribution in [0.2, 0.25) is 0 Å². The van der Waals surface area contributed by atoms with Crippen LogP contribution in [0.15, 0.2) is 30.3 Å². The molecule has 2 N–H and O–H groups in total. The van der Waals surface area contributed by atoms with Gasteiger partial charge in [-0.25, -0.2) is 4.79 Å². The zero-order valence-electron chi connectivity index (χ0n) is 15.4. The lowest BCUT2D eigenvalue weighted by molar-refractivity contribution is -0.116. The maximum atomic E-state index is 12.3. The Hall–Kier alpha value is -3.02. The summed E-state index contributed by atoms with van der Waals surface area (Å²) < 4.78 is 10.5. The lowest BCUT2D eigenvalue weighted by Gasteiger charge is -2.13. The third-order valence-corrected chi connectivity index (χ3v) is 4.18. The van der Waals surface area contributed by atoms with Crippen LogP contribution in [0.1, 0.15) is 33.5 Å². The molecule has 0 saturated carbocycles. The number of amides is 1. The fourth-order valence-corrected chi connectivity index (χ4v) is 2.76. The highest BCUT2D eigenvalue weighted by Gasteiger charge is 2.13. The quantitative estimate of drug-likeness (QED) is 0.791. The summed E-state index contributed by atoms with van der Waals surface area (Å²) in [6.45, 7) is 3.57. The molecule has 0 spiro atoms. The van der Waals surface area contributed by atoms with E-state index in [0.717, 1.165) is 11.1 Å². The molecule has 2 rings (SSSR count). The van der Waals surface area contributed by atoms with Crippen molar-refractivity contribution in [3.05, 3.63) is 52.6 Å².